The van der Waals surface area contributed by atoms with E-state index in [4.69, 9.17) is 16.3 Å². The number of ether oxygens (including phenoxy) is 1. The Balaban J connectivity index is 1.84. The third kappa shape index (κ3) is 2.72. The number of hydrogen-bond donors (Lipinski definition) is 0. The van der Waals surface area contributed by atoms with Crippen molar-refractivity contribution < 1.29 is 14.3 Å². The minimum atomic E-state index is -0.529. The Kier molecular flexibility index (Phi) is 3.90. The fraction of sp³-hybridized carbons (Fsp3) is 0.250. The van der Waals surface area contributed by atoms with Gasteiger partial charge in [-0.2, -0.15) is 0 Å². The average Bonchev–Trinajstić information content (AvgIpc) is 2.81. The molecule has 6 heteroatoms. The van der Waals surface area contributed by atoms with Gasteiger partial charge in [-0.05, 0) is 30.3 Å². The van der Waals surface area contributed by atoms with Gasteiger partial charge in [-0.15, -0.1) is 0 Å². The molecule has 5 nitrogen and oxygen atoms in total. The van der Waals surface area contributed by atoms with Gasteiger partial charge in [0.25, 0.3) is 11.7 Å². The predicted octanol–water partition coefficient (Wildman–Crippen LogP) is 2.28. The molecule has 22 heavy (non-hydrogen) atoms. The number of amides is 1. The Morgan fingerprint density at radius 1 is 1.27 bits per heavy atom. The van der Waals surface area contributed by atoms with Gasteiger partial charge in [0, 0.05) is 30.4 Å². The van der Waals surface area contributed by atoms with Crippen LogP contribution in [-0.2, 0) is 18.4 Å². The maximum Gasteiger partial charge on any atom is 0.296 e. The van der Waals surface area contributed by atoms with E-state index in [1.165, 1.54) is 4.90 Å². The number of aromatic nitrogens is 1. The number of carbonyl (C=O) groups is 2. The number of Topliss-reactive ketones (excluding diaryl/α,β-unsaturated/α-hetero) is 1. The van der Waals surface area contributed by atoms with E-state index >= 15 is 0 Å². The Bertz CT molecular complexity index is 739. The summed E-state index contributed by atoms with van der Waals surface area (Å²) < 4.78 is 7.25. The van der Waals surface area contributed by atoms with Crippen molar-refractivity contribution >= 4 is 23.3 Å². The van der Waals surface area contributed by atoms with E-state index in [-0.39, 0.29) is 0 Å². The second kappa shape index (κ2) is 5.85. The predicted molar refractivity (Wildman–Crippen MR) is 82.1 cm³/mol. The Morgan fingerprint density at radius 3 is 2.82 bits per heavy atom. The molecule has 1 amide bonds. The summed E-state index contributed by atoms with van der Waals surface area (Å²) in [6.07, 6.45) is 1.74. The summed E-state index contributed by atoms with van der Waals surface area (Å²) >= 11 is 5.99. The van der Waals surface area contributed by atoms with Gasteiger partial charge < -0.3 is 14.2 Å². The lowest BCUT2D eigenvalue weighted by Gasteiger charge is -2.19. The summed E-state index contributed by atoms with van der Waals surface area (Å²) in [5.41, 5.74) is 1.18. The van der Waals surface area contributed by atoms with Crippen LogP contribution in [0.15, 0.2) is 36.5 Å². The molecule has 3 rings (SSSR count). The summed E-state index contributed by atoms with van der Waals surface area (Å²) in [6.45, 7) is 1.02. The number of fused-ring (bicyclic) bond motifs is 1. The number of ketones is 1. The lowest BCUT2D eigenvalue weighted by molar-refractivity contribution is -0.127. The van der Waals surface area contributed by atoms with E-state index in [1.54, 1.807) is 48.1 Å². The van der Waals surface area contributed by atoms with E-state index in [2.05, 4.69) is 0 Å². The van der Waals surface area contributed by atoms with Gasteiger partial charge in [-0.25, -0.2) is 0 Å². The maximum absolute atomic E-state index is 12.5. The molecule has 1 aliphatic heterocycles. The molecule has 1 aromatic carbocycles. The van der Waals surface area contributed by atoms with Crippen molar-refractivity contribution in [3.63, 3.8) is 0 Å². The van der Waals surface area contributed by atoms with E-state index in [9.17, 15) is 9.59 Å². The van der Waals surface area contributed by atoms with Crippen molar-refractivity contribution in [2.45, 2.75) is 6.54 Å². The van der Waals surface area contributed by atoms with Crippen molar-refractivity contribution in [1.29, 1.82) is 0 Å². The van der Waals surface area contributed by atoms with Gasteiger partial charge in [0.2, 0.25) is 0 Å². The SMILES string of the molecule is Cn1cccc1C(=O)C(=O)N1CCOc2ccc(Cl)cc2C1. The van der Waals surface area contributed by atoms with E-state index < -0.39 is 11.7 Å². The van der Waals surface area contributed by atoms with Crippen molar-refractivity contribution in [1.82, 2.24) is 9.47 Å². The molecule has 1 aromatic heterocycles. The first-order chi connectivity index (χ1) is 10.6. The molecule has 0 spiro atoms. The van der Waals surface area contributed by atoms with E-state index in [1.807, 2.05) is 0 Å². The van der Waals surface area contributed by atoms with E-state index in [0.29, 0.717) is 36.2 Å². The van der Waals surface area contributed by atoms with Crippen LogP contribution in [0.25, 0.3) is 0 Å². The van der Waals surface area contributed by atoms with Gasteiger partial charge in [-0.1, -0.05) is 11.6 Å². The highest BCUT2D eigenvalue weighted by Crippen LogP contribution is 2.26. The Morgan fingerprint density at radius 2 is 2.09 bits per heavy atom. The molecule has 0 saturated carbocycles. The van der Waals surface area contributed by atoms with Crippen LogP contribution in [0.5, 0.6) is 5.75 Å². The zero-order valence-electron chi connectivity index (χ0n) is 12.1. The number of aryl methyl sites for hydroxylation is 1. The van der Waals surface area contributed by atoms with Crippen LogP contribution in [-0.4, -0.2) is 34.3 Å². The highest BCUT2D eigenvalue weighted by Gasteiger charge is 2.27. The van der Waals surface area contributed by atoms with Crippen LogP contribution in [0.3, 0.4) is 0 Å². The lowest BCUT2D eigenvalue weighted by Crippen LogP contribution is -2.38. The van der Waals surface area contributed by atoms with Gasteiger partial charge in [0.05, 0.1) is 12.2 Å². The van der Waals surface area contributed by atoms with Gasteiger partial charge >= 0.3 is 0 Å². The topological polar surface area (TPSA) is 51.5 Å². The smallest absolute Gasteiger partial charge is 0.296 e. The zero-order chi connectivity index (χ0) is 15.7. The van der Waals surface area contributed by atoms with Crippen molar-refractivity contribution in [2.75, 3.05) is 13.2 Å². The second-order valence-electron chi connectivity index (χ2n) is 5.16. The molecule has 0 bridgehead atoms. The van der Waals surface area contributed by atoms with Crippen molar-refractivity contribution in [3.05, 3.63) is 52.8 Å². The first-order valence-corrected chi connectivity index (χ1v) is 7.30. The molecule has 0 saturated heterocycles. The Labute approximate surface area is 133 Å². The van der Waals surface area contributed by atoms with Crippen LogP contribution < -0.4 is 4.74 Å². The third-order valence-corrected chi connectivity index (χ3v) is 3.90. The number of carbonyl (C=O) groups excluding carboxylic acids is 2. The number of rotatable bonds is 2. The summed E-state index contributed by atoms with van der Waals surface area (Å²) in [7, 11) is 1.74. The first-order valence-electron chi connectivity index (χ1n) is 6.92. The molecule has 0 N–H and O–H groups in total. The minimum absolute atomic E-state index is 0.310. The van der Waals surface area contributed by atoms with Crippen LogP contribution in [0.1, 0.15) is 16.1 Å². The molecular weight excluding hydrogens is 304 g/mol. The van der Waals surface area contributed by atoms with Crippen LogP contribution in [0.4, 0.5) is 0 Å². The third-order valence-electron chi connectivity index (χ3n) is 3.66. The molecule has 0 unspecified atom stereocenters. The molecule has 2 aromatic rings. The number of halogens is 1. The van der Waals surface area contributed by atoms with E-state index in [0.717, 1.165) is 5.56 Å². The van der Waals surface area contributed by atoms with Gasteiger partial charge in [-0.3, -0.25) is 9.59 Å². The maximum atomic E-state index is 12.5. The van der Waals surface area contributed by atoms with Crippen LogP contribution in [0, 0.1) is 0 Å². The highest BCUT2D eigenvalue weighted by atomic mass is 35.5. The molecule has 0 aliphatic carbocycles. The van der Waals surface area contributed by atoms with Crippen molar-refractivity contribution in [3.8, 4) is 5.75 Å². The minimum Gasteiger partial charge on any atom is -0.491 e. The average molecular weight is 319 g/mol. The summed E-state index contributed by atoms with van der Waals surface area (Å²) in [5.74, 6) is -0.345. The molecule has 2 heterocycles. The van der Waals surface area contributed by atoms with Gasteiger partial charge in [0.1, 0.15) is 12.4 Å². The normalized spacial score (nSPS) is 14.0. The number of nitrogens with zero attached hydrogens (tertiary/aromatic N) is 2. The number of hydrogen-bond acceptors (Lipinski definition) is 3. The van der Waals surface area contributed by atoms with Crippen molar-refractivity contribution in [2.24, 2.45) is 7.05 Å². The Hall–Kier alpha value is -2.27. The first kappa shape index (κ1) is 14.7. The molecular formula is C16H15ClN2O3. The fourth-order valence-corrected chi connectivity index (χ4v) is 2.68. The standard InChI is InChI=1S/C16H15ClN2O3/c1-18-6-2-3-13(18)15(20)16(21)19-7-8-22-14-5-4-12(17)9-11(14)10-19/h2-6,9H,7-8,10H2,1H3. The second-order valence-corrected chi connectivity index (χ2v) is 5.60. The van der Waals surface area contributed by atoms with Crippen LogP contribution in [0.2, 0.25) is 5.02 Å². The fourth-order valence-electron chi connectivity index (χ4n) is 2.49. The summed E-state index contributed by atoms with van der Waals surface area (Å²) in [4.78, 5) is 26.3. The molecule has 0 radical (unpaired) electrons. The zero-order valence-corrected chi connectivity index (χ0v) is 12.8. The largest absolute Gasteiger partial charge is 0.491 e. The summed E-state index contributed by atoms with van der Waals surface area (Å²) in [6, 6.07) is 8.66. The molecule has 0 fully saturated rings. The quantitative estimate of drug-likeness (QED) is 0.630. The number of benzene rings is 1. The lowest BCUT2D eigenvalue weighted by atomic mass is 10.1. The highest BCUT2D eigenvalue weighted by molar-refractivity contribution is 6.42. The monoisotopic (exact) mass is 318 g/mol. The van der Waals surface area contributed by atoms with Gasteiger partial charge in [0.15, 0.2) is 0 Å². The summed E-state index contributed by atoms with van der Waals surface area (Å²) in [5, 5.41) is 0.574. The molecule has 0 atom stereocenters. The molecule has 114 valence electrons. The molecule has 1 aliphatic rings. The van der Waals surface area contributed by atoms with Crippen LogP contribution >= 0.6 is 11.6 Å².